The molecule has 1 aliphatic carbocycles. The van der Waals surface area contributed by atoms with E-state index in [4.69, 9.17) is 0 Å². The van der Waals surface area contributed by atoms with Crippen molar-refractivity contribution in [3.05, 3.63) is 113 Å². The van der Waals surface area contributed by atoms with Gasteiger partial charge in [0.1, 0.15) is 0 Å². The van der Waals surface area contributed by atoms with Crippen LogP contribution < -0.4 is 10.2 Å². The number of fused-ring (bicyclic) bond motifs is 3. The van der Waals surface area contributed by atoms with Gasteiger partial charge >= 0.3 is 0 Å². The fourth-order valence-corrected chi connectivity index (χ4v) is 4.69. The van der Waals surface area contributed by atoms with Crippen molar-refractivity contribution in [3.63, 3.8) is 0 Å². The van der Waals surface area contributed by atoms with Crippen molar-refractivity contribution in [3.8, 4) is 11.1 Å². The monoisotopic (exact) mass is 418 g/mol. The predicted molar refractivity (Wildman–Crippen MR) is 137 cm³/mol. The predicted octanol–water partition coefficient (Wildman–Crippen LogP) is 7.38. The number of rotatable bonds is 7. The molecule has 2 heteroatoms. The van der Waals surface area contributed by atoms with Crippen molar-refractivity contribution in [1.29, 1.82) is 0 Å². The molecular formula is C30H30N2. The molecule has 0 heterocycles. The molecule has 0 bridgehead atoms. The molecule has 32 heavy (non-hydrogen) atoms. The second kappa shape index (κ2) is 8.92. The van der Waals surface area contributed by atoms with Crippen LogP contribution in [-0.4, -0.2) is 13.1 Å². The van der Waals surface area contributed by atoms with Crippen molar-refractivity contribution in [1.82, 2.24) is 0 Å². The Hall–Kier alpha value is -3.52. The Morgan fingerprint density at radius 3 is 2.31 bits per heavy atom. The third kappa shape index (κ3) is 4.13. The fraction of sp³-hybridized carbons (Fsp3) is 0.200. The van der Waals surface area contributed by atoms with E-state index in [9.17, 15) is 0 Å². The van der Waals surface area contributed by atoms with Gasteiger partial charge < -0.3 is 10.2 Å². The summed E-state index contributed by atoms with van der Waals surface area (Å²) in [5.41, 5.74) is 12.0. The molecule has 0 fully saturated rings. The molecule has 0 spiro atoms. The Morgan fingerprint density at radius 1 is 0.750 bits per heavy atom. The molecule has 2 nitrogen and oxygen atoms in total. The molecule has 0 aromatic heterocycles. The van der Waals surface area contributed by atoms with E-state index in [1.54, 1.807) is 0 Å². The third-order valence-electron chi connectivity index (χ3n) is 6.43. The first kappa shape index (κ1) is 20.4. The molecule has 4 aromatic carbocycles. The summed E-state index contributed by atoms with van der Waals surface area (Å²) in [6, 6.07) is 33.3. The first-order valence-corrected chi connectivity index (χ1v) is 11.6. The maximum absolute atomic E-state index is 3.61. The van der Waals surface area contributed by atoms with Crippen molar-refractivity contribution in [2.45, 2.75) is 26.7 Å². The minimum absolute atomic E-state index is 0.943. The number of hydrogen-bond donors (Lipinski definition) is 1. The molecule has 0 atom stereocenters. The fourth-order valence-electron chi connectivity index (χ4n) is 4.69. The van der Waals surface area contributed by atoms with Crippen LogP contribution in [0.4, 0.5) is 17.1 Å². The van der Waals surface area contributed by atoms with Gasteiger partial charge in [-0.1, -0.05) is 60.2 Å². The normalized spacial score (nSPS) is 11.7. The summed E-state index contributed by atoms with van der Waals surface area (Å²) in [6.45, 7) is 6.24. The highest BCUT2D eigenvalue weighted by molar-refractivity contribution is 5.82. The van der Waals surface area contributed by atoms with Gasteiger partial charge in [-0.3, -0.25) is 0 Å². The zero-order chi connectivity index (χ0) is 21.9. The summed E-state index contributed by atoms with van der Waals surface area (Å²) in [5.74, 6) is 0. The lowest BCUT2D eigenvalue weighted by Gasteiger charge is -2.24. The summed E-state index contributed by atoms with van der Waals surface area (Å²) in [4.78, 5) is 2.39. The lowest BCUT2D eigenvalue weighted by atomic mass is 10.0. The molecule has 0 saturated heterocycles. The van der Waals surface area contributed by atoms with Crippen LogP contribution in [0.2, 0.25) is 0 Å². The zero-order valence-corrected chi connectivity index (χ0v) is 18.9. The van der Waals surface area contributed by atoms with Gasteiger partial charge in [-0.15, -0.1) is 0 Å². The Bertz CT molecular complexity index is 1210. The maximum Gasteiger partial charge on any atom is 0.0417 e. The van der Waals surface area contributed by atoms with Crippen LogP contribution in [0.15, 0.2) is 91.0 Å². The van der Waals surface area contributed by atoms with Crippen LogP contribution in [0, 0.1) is 6.92 Å². The molecule has 4 aromatic rings. The van der Waals surface area contributed by atoms with E-state index in [1.165, 1.54) is 50.4 Å². The van der Waals surface area contributed by atoms with Gasteiger partial charge in [0.05, 0.1) is 0 Å². The summed E-state index contributed by atoms with van der Waals surface area (Å²) >= 11 is 0. The van der Waals surface area contributed by atoms with Gasteiger partial charge in [0.2, 0.25) is 0 Å². The zero-order valence-electron chi connectivity index (χ0n) is 18.9. The third-order valence-corrected chi connectivity index (χ3v) is 6.43. The Labute approximate surface area is 191 Å². The van der Waals surface area contributed by atoms with Gasteiger partial charge in [-0.2, -0.15) is 0 Å². The molecule has 1 N–H and O–H groups in total. The molecule has 5 rings (SSSR count). The summed E-state index contributed by atoms with van der Waals surface area (Å²) in [6.07, 6.45) is 2.04. The van der Waals surface area contributed by atoms with E-state index in [0.717, 1.165) is 25.9 Å². The van der Waals surface area contributed by atoms with Gasteiger partial charge in [0.15, 0.2) is 0 Å². The second-order valence-corrected chi connectivity index (χ2v) is 8.63. The second-order valence-electron chi connectivity index (χ2n) is 8.63. The van der Waals surface area contributed by atoms with Crippen LogP contribution in [0.1, 0.15) is 29.2 Å². The van der Waals surface area contributed by atoms with E-state index >= 15 is 0 Å². The molecule has 0 unspecified atom stereocenters. The SMILES string of the molecule is CCN(c1ccc(C)cc1)c1ccc2c(c1)-c1ccc(NCCc3ccccc3)cc1C2. The standard InChI is InChI=1S/C30H30N2/c1-3-32(27-13-9-22(2)10-14-27)28-15-11-24-19-25-20-26(12-16-29(25)30(24)21-28)31-18-17-23-7-5-4-6-8-23/h4-16,20-21,31H,3,17-19H2,1-2H3. The molecule has 1 aliphatic rings. The van der Waals surface area contributed by atoms with Crippen LogP contribution in [0.25, 0.3) is 11.1 Å². The van der Waals surface area contributed by atoms with Crippen LogP contribution >= 0.6 is 0 Å². The minimum atomic E-state index is 0.943. The average molecular weight is 419 g/mol. The number of nitrogens with zero attached hydrogens (tertiary/aromatic N) is 1. The number of nitrogens with one attached hydrogen (secondary N) is 1. The topological polar surface area (TPSA) is 15.3 Å². The number of anilines is 3. The molecule has 0 aliphatic heterocycles. The molecular weight excluding hydrogens is 388 g/mol. The number of hydrogen-bond acceptors (Lipinski definition) is 2. The van der Waals surface area contributed by atoms with Gasteiger partial charge in [-0.25, -0.2) is 0 Å². The number of benzene rings is 4. The van der Waals surface area contributed by atoms with E-state index < -0.39 is 0 Å². The summed E-state index contributed by atoms with van der Waals surface area (Å²) in [7, 11) is 0. The first-order chi connectivity index (χ1) is 15.7. The van der Waals surface area contributed by atoms with Crippen molar-refractivity contribution < 1.29 is 0 Å². The van der Waals surface area contributed by atoms with Gasteiger partial charge in [0, 0.05) is 30.2 Å². The van der Waals surface area contributed by atoms with Gasteiger partial charge in [0.25, 0.3) is 0 Å². The molecule has 0 radical (unpaired) electrons. The highest BCUT2D eigenvalue weighted by Crippen LogP contribution is 2.40. The largest absolute Gasteiger partial charge is 0.385 e. The van der Waals surface area contributed by atoms with E-state index in [-0.39, 0.29) is 0 Å². The maximum atomic E-state index is 3.61. The summed E-state index contributed by atoms with van der Waals surface area (Å²) < 4.78 is 0. The minimum Gasteiger partial charge on any atom is -0.385 e. The average Bonchev–Trinajstić information content (AvgIpc) is 3.19. The van der Waals surface area contributed by atoms with E-state index in [0.29, 0.717) is 0 Å². The van der Waals surface area contributed by atoms with Crippen LogP contribution in [-0.2, 0) is 12.8 Å². The van der Waals surface area contributed by atoms with E-state index in [2.05, 4.69) is 115 Å². The quantitative estimate of drug-likeness (QED) is 0.297. The lowest BCUT2D eigenvalue weighted by molar-refractivity contribution is 1.02. The van der Waals surface area contributed by atoms with Crippen molar-refractivity contribution >= 4 is 17.1 Å². The molecule has 0 amide bonds. The smallest absolute Gasteiger partial charge is 0.0417 e. The van der Waals surface area contributed by atoms with Crippen LogP contribution in [0.3, 0.4) is 0 Å². The lowest BCUT2D eigenvalue weighted by Crippen LogP contribution is -2.15. The Balaban J connectivity index is 1.34. The van der Waals surface area contributed by atoms with E-state index in [1.807, 2.05) is 0 Å². The van der Waals surface area contributed by atoms with Crippen LogP contribution in [0.5, 0.6) is 0 Å². The molecule has 160 valence electrons. The van der Waals surface area contributed by atoms with Crippen molar-refractivity contribution in [2.24, 2.45) is 0 Å². The Morgan fingerprint density at radius 2 is 1.53 bits per heavy atom. The van der Waals surface area contributed by atoms with Crippen molar-refractivity contribution in [2.75, 3.05) is 23.3 Å². The highest BCUT2D eigenvalue weighted by atomic mass is 15.1. The first-order valence-electron chi connectivity index (χ1n) is 11.6. The highest BCUT2D eigenvalue weighted by Gasteiger charge is 2.20. The Kier molecular flexibility index (Phi) is 5.68. The molecule has 0 saturated carbocycles. The number of aryl methyl sites for hydroxylation is 1. The summed E-state index contributed by atoms with van der Waals surface area (Å²) in [5, 5.41) is 3.61. The van der Waals surface area contributed by atoms with Gasteiger partial charge in [-0.05, 0) is 90.9 Å².